The lowest BCUT2D eigenvalue weighted by Crippen LogP contribution is -2.50. The lowest BCUT2D eigenvalue weighted by Gasteiger charge is -2.40. The average Bonchev–Trinajstić information content (AvgIpc) is 2.46. The van der Waals surface area contributed by atoms with Gasteiger partial charge in [0.2, 0.25) is 5.91 Å². The number of rotatable bonds is 6. The number of carbonyl (C=O) groups excluding carboxylic acids is 1. The lowest BCUT2D eigenvalue weighted by atomic mass is 9.78. The summed E-state index contributed by atoms with van der Waals surface area (Å²) in [6, 6.07) is 2.72. The molecule has 3 nitrogen and oxygen atoms in total. The van der Waals surface area contributed by atoms with E-state index in [0.29, 0.717) is 18.9 Å². The van der Waals surface area contributed by atoms with E-state index >= 15 is 0 Å². The normalized spacial score (nSPS) is 20.1. The van der Waals surface area contributed by atoms with Gasteiger partial charge in [-0.05, 0) is 38.5 Å². The molecular formula is C16H28N2O. The second-order valence-electron chi connectivity index (χ2n) is 5.75. The van der Waals surface area contributed by atoms with Crippen LogP contribution in [-0.2, 0) is 4.79 Å². The Morgan fingerprint density at radius 3 is 2.37 bits per heavy atom. The minimum absolute atomic E-state index is 0.102. The van der Waals surface area contributed by atoms with E-state index in [1.807, 2.05) is 4.90 Å². The minimum atomic E-state index is -0.770. The van der Waals surface area contributed by atoms with Crippen LogP contribution in [0.4, 0.5) is 0 Å². The van der Waals surface area contributed by atoms with Crippen LogP contribution in [0, 0.1) is 16.7 Å². The number of likely N-dealkylation sites (tertiary alicyclic amines) is 1. The van der Waals surface area contributed by atoms with Crippen molar-refractivity contribution in [2.24, 2.45) is 5.41 Å². The number of nitrogens with zero attached hydrogens (tertiary/aromatic N) is 2. The zero-order valence-corrected chi connectivity index (χ0v) is 12.7. The Morgan fingerprint density at radius 2 is 1.89 bits per heavy atom. The largest absolute Gasteiger partial charge is 0.338 e. The first-order valence-corrected chi connectivity index (χ1v) is 7.87. The maximum absolute atomic E-state index is 12.9. The average molecular weight is 264 g/mol. The molecule has 0 aromatic heterocycles. The van der Waals surface area contributed by atoms with E-state index in [9.17, 15) is 10.1 Å². The second-order valence-corrected chi connectivity index (χ2v) is 5.75. The molecule has 1 rings (SSSR count). The van der Waals surface area contributed by atoms with Crippen LogP contribution in [-0.4, -0.2) is 23.4 Å². The minimum Gasteiger partial charge on any atom is -0.338 e. The fraction of sp³-hybridized carbons (Fsp3) is 0.875. The van der Waals surface area contributed by atoms with Crippen molar-refractivity contribution in [2.45, 2.75) is 78.2 Å². The molecule has 0 spiro atoms. The van der Waals surface area contributed by atoms with Gasteiger partial charge in [0, 0.05) is 12.6 Å². The Morgan fingerprint density at radius 1 is 1.26 bits per heavy atom. The second kappa shape index (κ2) is 7.53. The first-order valence-electron chi connectivity index (χ1n) is 7.87. The smallest absolute Gasteiger partial charge is 0.243 e. The summed E-state index contributed by atoms with van der Waals surface area (Å²) in [6.07, 6.45) is 7.58. The van der Waals surface area contributed by atoms with E-state index in [2.05, 4.69) is 26.8 Å². The third-order valence-corrected chi connectivity index (χ3v) is 4.34. The maximum Gasteiger partial charge on any atom is 0.243 e. The molecule has 0 aliphatic carbocycles. The number of piperidine rings is 1. The van der Waals surface area contributed by atoms with Crippen molar-refractivity contribution in [2.75, 3.05) is 6.54 Å². The van der Waals surface area contributed by atoms with Crippen molar-refractivity contribution in [3.05, 3.63) is 0 Å². The Balaban J connectivity index is 2.94. The molecule has 1 fully saturated rings. The number of nitriles is 1. The fourth-order valence-electron chi connectivity index (χ4n) is 3.32. The van der Waals surface area contributed by atoms with Crippen molar-refractivity contribution in [3.8, 4) is 6.07 Å². The zero-order valence-electron chi connectivity index (χ0n) is 12.7. The zero-order chi connectivity index (χ0) is 14.3. The molecule has 1 aliphatic rings. The van der Waals surface area contributed by atoms with Crippen LogP contribution in [0.5, 0.6) is 0 Å². The standard InChI is InChI=1S/C16H28N2O/c1-4-10-16(13-17,11-5-2)15(19)18-12-8-7-9-14(18)6-3/h14H,4-12H2,1-3H3. The summed E-state index contributed by atoms with van der Waals surface area (Å²) in [6.45, 7) is 7.10. The van der Waals surface area contributed by atoms with E-state index in [-0.39, 0.29) is 5.91 Å². The summed E-state index contributed by atoms with van der Waals surface area (Å²) in [5.41, 5.74) is -0.770. The third kappa shape index (κ3) is 3.49. The predicted molar refractivity (Wildman–Crippen MR) is 77.5 cm³/mol. The molecule has 1 atom stereocenters. The van der Waals surface area contributed by atoms with Gasteiger partial charge in [-0.15, -0.1) is 0 Å². The summed E-state index contributed by atoms with van der Waals surface area (Å²) in [5.74, 6) is 0.102. The molecule has 1 amide bonds. The number of hydrogen-bond donors (Lipinski definition) is 0. The molecule has 1 aliphatic heterocycles. The summed E-state index contributed by atoms with van der Waals surface area (Å²) in [7, 11) is 0. The van der Waals surface area contributed by atoms with Crippen molar-refractivity contribution in [3.63, 3.8) is 0 Å². The number of hydrogen-bond acceptors (Lipinski definition) is 2. The Hall–Kier alpha value is -1.04. The third-order valence-electron chi connectivity index (χ3n) is 4.34. The Bertz CT molecular complexity index is 326. The Kier molecular flexibility index (Phi) is 6.34. The van der Waals surface area contributed by atoms with Crippen LogP contribution in [0.2, 0.25) is 0 Å². The quantitative estimate of drug-likeness (QED) is 0.730. The van der Waals surface area contributed by atoms with Gasteiger partial charge in [-0.25, -0.2) is 0 Å². The maximum atomic E-state index is 12.9. The molecule has 0 radical (unpaired) electrons. The first-order chi connectivity index (χ1) is 9.15. The van der Waals surface area contributed by atoms with Gasteiger partial charge in [-0.3, -0.25) is 4.79 Å². The highest BCUT2D eigenvalue weighted by molar-refractivity contribution is 5.85. The van der Waals surface area contributed by atoms with E-state index in [0.717, 1.165) is 38.6 Å². The van der Waals surface area contributed by atoms with Gasteiger partial charge in [-0.2, -0.15) is 5.26 Å². The van der Waals surface area contributed by atoms with E-state index in [1.165, 1.54) is 6.42 Å². The van der Waals surface area contributed by atoms with Gasteiger partial charge < -0.3 is 4.90 Å². The fourth-order valence-corrected chi connectivity index (χ4v) is 3.32. The van der Waals surface area contributed by atoms with Crippen molar-refractivity contribution >= 4 is 5.91 Å². The van der Waals surface area contributed by atoms with Crippen LogP contribution >= 0.6 is 0 Å². The Labute approximate surface area is 118 Å². The molecule has 108 valence electrons. The molecule has 0 saturated carbocycles. The van der Waals surface area contributed by atoms with Crippen LogP contribution in [0.15, 0.2) is 0 Å². The molecule has 19 heavy (non-hydrogen) atoms. The molecule has 1 heterocycles. The first kappa shape index (κ1) is 16.0. The molecule has 1 unspecified atom stereocenters. The molecular weight excluding hydrogens is 236 g/mol. The van der Waals surface area contributed by atoms with Gasteiger partial charge in [0.1, 0.15) is 5.41 Å². The van der Waals surface area contributed by atoms with Gasteiger partial charge in [0.15, 0.2) is 0 Å². The van der Waals surface area contributed by atoms with Crippen LogP contribution in [0.1, 0.15) is 72.1 Å². The highest BCUT2D eigenvalue weighted by atomic mass is 16.2. The van der Waals surface area contributed by atoms with Gasteiger partial charge in [-0.1, -0.05) is 33.6 Å². The highest BCUT2D eigenvalue weighted by Gasteiger charge is 2.42. The SMILES string of the molecule is CCCC(C#N)(CCC)C(=O)N1CCCCC1CC. The van der Waals surface area contributed by atoms with Crippen LogP contribution < -0.4 is 0 Å². The molecule has 0 bridgehead atoms. The van der Waals surface area contributed by atoms with Crippen molar-refractivity contribution < 1.29 is 4.79 Å². The molecule has 1 saturated heterocycles. The summed E-state index contributed by atoms with van der Waals surface area (Å²) < 4.78 is 0. The lowest BCUT2D eigenvalue weighted by molar-refractivity contribution is -0.143. The number of amides is 1. The van der Waals surface area contributed by atoms with E-state index in [4.69, 9.17) is 0 Å². The predicted octanol–water partition coefficient (Wildman–Crippen LogP) is 3.89. The van der Waals surface area contributed by atoms with Crippen molar-refractivity contribution in [1.29, 1.82) is 5.26 Å². The topological polar surface area (TPSA) is 44.1 Å². The molecule has 0 N–H and O–H groups in total. The van der Waals surface area contributed by atoms with Crippen LogP contribution in [0.3, 0.4) is 0 Å². The summed E-state index contributed by atoms with van der Waals surface area (Å²) in [4.78, 5) is 14.9. The molecule has 3 heteroatoms. The summed E-state index contributed by atoms with van der Waals surface area (Å²) >= 11 is 0. The molecule has 0 aromatic rings. The van der Waals surface area contributed by atoms with Crippen molar-refractivity contribution in [1.82, 2.24) is 4.90 Å². The van der Waals surface area contributed by atoms with Crippen LogP contribution in [0.25, 0.3) is 0 Å². The van der Waals surface area contributed by atoms with Gasteiger partial charge in [0.05, 0.1) is 6.07 Å². The highest BCUT2D eigenvalue weighted by Crippen LogP contribution is 2.34. The van der Waals surface area contributed by atoms with E-state index in [1.54, 1.807) is 0 Å². The van der Waals surface area contributed by atoms with Gasteiger partial charge in [0.25, 0.3) is 0 Å². The monoisotopic (exact) mass is 264 g/mol. The van der Waals surface area contributed by atoms with Gasteiger partial charge >= 0.3 is 0 Å². The van der Waals surface area contributed by atoms with E-state index < -0.39 is 5.41 Å². The molecule has 0 aromatic carbocycles. The summed E-state index contributed by atoms with van der Waals surface area (Å²) in [5, 5.41) is 9.60. The number of carbonyl (C=O) groups is 1.